The molecule has 0 radical (unpaired) electrons. The fraction of sp³-hybridized carbons (Fsp3) is 0.615. The van der Waals surface area contributed by atoms with E-state index in [-0.39, 0.29) is 5.56 Å². The Labute approximate surface area is 112 Å². The summed E-state index contributed by atoms with van der Waals surface area (Å²) in [5, 5.41) is 12.3. The molecule has 0 bridgehead atoms. The average molecular weight is 264 g/mol. The van der Waals surface area contributed by atoms with E-state index in [1.807, 2.05) is 0 Å². The number of hydrogen-bond acceptors (Lipinski definition) is 5. The first-order valence-corrected chi connectivity index (χ1v) is 6.72. The van der Waals surface area contributed by atoms with E-state index in [1.165, 1.54) is 44.9 Å². The molecule has 1 aliphatic heterocycles. The molecule has 2 heterocycles. The summed E-state index contributed by atoms with van der Waals surface area (Å²) in [7, 11) is 0. The van der Waals surface area contributed by atoms with Gasteiger partial charge in [0.15, 0.2) is 0 Å². The van der Waals surface area contributed by atoms with Crippen LogP contribution < -0.4 is 5.32 Å². The largest absolute Gasteiger partial charge is 0.478 e. The molecule has 0 aliphatic carbocycles. The molecule has 0 spiro atoms. The average Bonchev–Trinajstić information content (AvgIpc) is 2.45. The van der Waals surface area contributed by atoms with E-state index < -0.39 is 5.97 Å². The zero-order valence-corrected chi connectivity index (χ0v) is 11.0. The highest BCUT2D eigenvalue weighted by atomic mass is 16.4. The monoisotopic (exact) mass is 264 g/mol. The van der Waals surface area contributed by atoms with Crippen LogP contribution >= 0.6 is 0 Å². The number of piperidine rings is 1. The van der Waals surface area contributed by atoms with E-state index in [1.54, 1.807) is 0 Å². The van der Waals surface area contributed by atoms with Crippen LogP contribution in [0.2, 0.25) is 0 Å². The van der Waals surface area contributed by atoms with E-state index >= 15 is 0 Å². The fourth-order valence-corrected chi connectivity index (χ4v) is 2.30. The van der Waals surface area contributed by atoms with Gasteiger partial charge >= 0.3 is 5.97 Å². The molecule has 1 aliphatic rings. The number of hydrogen-bond donors (Lipinski definition) is 2. The molecule has 1 aromatic heterocycles. The molecular formula is C13H20N4O2. The summed E-state index contributed by atoms with van der Waals surface area (Å²) in [4.78, 5) is 21.2. The van der Waals surface area contributed by atoms with E-state index in [0.717, 1.165) is 13.1 Å². The highest BCUT2D eigenvalue weighted by molar-refractivity contribution is 5.88. The zero-order chi connectivity index (χ0) is 13.5. The van der Waals surface area contributed by atoms with Gasteiger partial charge in [-0.2, -0.15) is 0 Å². The lowest BCUT2D eigenvalue weighted by atomic mass is 10.1. The molecule has 19 heavy (non-hydrogen) atoms. The van der Waals surface area contributed by atoms with Gasteiger partial charge in [0.05, 0.1) is 5.69 Å². The summed E-state index contributed by atoms with van der Waals surface area (Å²) in [5.74, 6) is -0.978. The number of rotatable bonds is 6. The van der Waals surface area contributed by atoms with Crippen molar-refractivity contribution in [2.24, 2.45) is 0 Å². The predicted molar refractivity (Wildman–Crippen MR) is 71.0 cm³/mol. The van der Waals surface area contributed by atoms with Gasteiger partial charge in [-0.05, 0) is 25.9 Å². The van der Waals surface area contributed by atoms with Crippen molar-refractivity contribution < 1.29 is 9.90 Å². The van der Waals surface area contributed by atoms with Gasteiger partial charge in [0.25, 0.3) is 0 Å². The minimum absolute atomic E-state index is 0.174. The summed E-state index contributed by atoms with van der Waals surface area (Å²) in [6.07, 6.45) is 6.64. The summed E-state index contributed by atoms with van der Waals surface area (Å²) >= 11 is 0. The van der Waals surface area contributed by atoms with Crippen molar-refractivity contribution in [3.63, 3.8) is 0 Å². The van der Waals surface area contributed by atoms with Crippen molar-refractivity contribution in [2.45, 2.75) is 25.8 Å². The summed E-state index contributed by atoms with van der Waals surface area (Å²) < 4.78 is 0. The van der Waals surface area contributed by atoms with Gasteiger partial charge in [-0.3, -0.25) is 0 Å². The number of carboxylic acid groups (broad SMARTS) is 1. The number of aromatic carboxylic acids is 1. The van der Waals surface area contributed by atoms with Crippen molar-refractivity contribution in [1.82, 2.24) is 20.2 Å². The van der Waals surface area contributed by atoms with Crippen molar-refractivity contribution in [2.75, 3.05) is 26.2 Å². The van der Waals surface area contributed by atoms with Crippen LogP contribution in [0, 0.1) is 0 Å². The third-order valence-corrected chi connectivity index (χ3v) is 3.37. The van der Waals surface area contributed by atoms with Crippen LogP contribution in [0.1, 0.15) is 35.3 Å². The quantitative estimate of drug-likeness (QED) is 0.738. The van der Waals surface area contributed by atoms with E-state index in [4.69, 9.17) is 5.11 Å². The highest BCUT2D eigenvalue weighted by Gasteiger charge is 2.12. The summed E-state index contributed by atoms with van der Waals surface area (Å²) in [5.41, 5.74) is 0.717. The van der Waals surface area contributed by atoms with Gasteiger partial charge in [0, 0.05) is 25.8 Å². The lowest BCUT2D eigenvalue weighted by Gasteiger charge is -2.26. The maximum Gasteiger partial charge on any atom is 0.339 e. The molecule has 1 saturated heterocycles. The zero-order valence-electron chi connectivity index (χ0n) is 11.0. The van der Waals surface area contributed by atoms with Gasteiger partial charge in [0.2, 0.25) is 0 Å². The van der Waals surface area contributed by atoms with Gasteiger partial charge in [-0.25, -0.2) is 14.8 Å². The third-order valence-electron chi connectivity index (χ3n) is 3.37. The second-order valence-corrected chi connectivity index (χ2v) is 4.77. The second kappa shape index (κ2) is 7.16. The molecule has 2 rings (SSSR count). The van der Waals surface area contributed by atoms with Crippen molar-refractivity contribution in [1.29, 1.82) is 0 Å². The Morgan fingerprint density at radius 3 is 2.89 bits per heavy atom. The molecule has 1 fully saturated rings. The topological polar surface area (TPSA) is 78.3 Å². The van der Waals surface area contributed by atoms with Gasteiger partial charge < -0.3 is 15.3 Å². The maximum atomic E-state index is 11.0. The SMILES string of the molecule is O=C(O)c1cncnc1CNCCN1CCCCC1. The minimum Gasteiger partial charge on any atom is -0.478 e. The van der Waals surface area contributed by atoms with Crippen molar-refractivity contribution >= 4 is 5.97 Å². The molecule has 6 nitrogen and oxygen atoms in total. The Balaban J connectivity index is 1.74. The molecule has 0 atom stereocenters. The highest BCUT2D eigenvalue weighted by Crippen LogP contribution is 2.07. The number of carbonyl (C=O) groups is 1. The standard InChI is InChI=1S/C13H20N4O2/c18-13(19)11-8-15-10-16-12(11)9-14-4-7-17-5-2-1-3-6-17/h8,10,14H,1-7,9H2,(H,18,19). The predicted octanol–water partition coefficient (Wildman–Crippen LogP) is 0.750. The summed E-state index contributed by atoms with van der Waals surface area (Å²) in [6.45, 7) is 4.68. The first-order chi connectivity index (χ1) is 9.27. The van der Waals surface area contributed by atoms with Gasteiger partial charge in [0.1, 0.15) is 11.9 Å². The molecule has 1 aromatic rings. The molecule has 0 saturated carbocycles. The lowest BCUT2D eigenvalue weighted by molar-refractivity contribution is 0.0694. The van der Waals surface area contributed by atoms with E-state index in [0.29, 0.717) is 12.2 Å². The van der Waals surface area contributed by atoms with Crippen LogP contribution in [0.15, 0.2) is 12.5 Å². The number of nitrogens with one attached hydrogen (secondary N) is 1. The second-order valence-electron chi connectivity index (χ2n) is 4.77. The normalized spacial score (nSPS) is 16.4. The molecule has 6 heteroatoms. The Bertz CT molecular complexity index is 419. The number of aromatic nitrogens is 2. The molecule has 0 aromatic carbocycles. The Kier molecular flexibility index (Phi) is 5.23. The molecule has 104 valence electrons. The maximum absolute atomic E-state index is 11.0. The van der Waals surface area contributed by atoms with E-state index in [9.17, 15) is 4.79 Å². The Morgan fingerprint density at radius 2 is 2.16 bits per heavy atom. The van der Waals surface area contributed by atoms with Crippen LogP contribution in [-0.2, 0) is 6.54 Å². The van der Waals surface area contributed by atoms with Crippen molar-refractivity contribution in [3.05, 3.63) is 23.8 Å². The van der Waals surface area contributed by atoms with Crippen molar-refractivity contribution in [3.8, 4) is 0 Å². The molecule has 0 amide bonds. The van der Waals surface area contributed by atoms with Crippen LogP contribution in [0.25, 0.3) is 0 Å². The number of carboxylic acids is 1. The molecule has 0 unspecified atom stereocenters. The van der Waals surface area contributed by atoms with Crippen LogP contribution in [0.3, 0.4) is 0 Å². The van der Waals surface area contributed by atoms with Gasteiger partial charge in [-0.1, -0.05) is 6.42 Å². The van der Waals surface area contributed by atoms with E-state index in [2.05, 4.69) is 20.2 Å². The number of likely N-dealkylation sites (tertiary alicyclic amines) is 1. The van der Waals surface area contributed by atoms with Gasteiger partial charge in [-0.15, -0.1) is 0 Å². The molecular weight excluding hydrogens is 244 g/mol. The molecule has 2 N–H and O–H groups in total. The Morgan fingerprint density at radius 1 is 1.37 bits per heavy atom. The first kappa shape index (κ1) is 13.9. The van der Waals surface area contributed by atoms with Crippen LogP contribution in [-0.4, -0.2) is 52.1 Å². The third kappa shape index (κ3) is 4.25. The number of nitrogens with zero attached hydrogens (tertiary/aromatic N) is 3. The summed E-state index contributed by atoms with van der Waals surface area (Å²) in [6, 6.07) is 0. The smallest absolute Gasteiger partial charge is 0.339 e. The lowest BCUT2D eigenvalue weighted by Crippen LogP contribution is -2.35. The first-order valence-electron chi connectivity index (χ1n) is 6.72. The van der Waals surface area contributed by atoms with Crippen LogP contribution in [0.5, 0.6) is 0 Å². The Hall–Kier alpha value is -1.53. The fourth-order valence-electron chi connectivity index (χ4n) is 2.30. The minimum atomic E-state index is -0.978. The van der Waals surface area contributed by atoms with Crippen LogP contribution in [0.4, 0.5) is 0 Å².